The Morgan fingerprint density at radius 3 is 2.95 bits per heavy atom. The molecule has 0 spiro atoms. The minimum atomic E-state index is -0.599. The van der Waals surface area contributed by atoms with Crippen LogP contribution in [0.1, 0.15) is 5.76 Å². The van der Waals surface area contributed by atoms with Crippen molar-refractivity contribution in [1.82, 2.24) is 4.98 Å². The highest BCUT2D eigenvalue weighted by atomic mass is 32.1. The maximum Gasteiger partial charge on any atom is 0.433 e. The van der Waals surface area contributed by atoms with Crippen LogP contribution < -0.4 is 5.43 Å². The van der Waals surface area contributed by atoms with Crippen LogP contribution in [0, 0.1) is 10.1 Å². The Morgan fingerprint density at radius 2 is 2.20 bits per heavy atom. The highest BCUT2D eigenvalue weighted by Gasteiger charge is 2.10. The normalized spacial score (nSPS) is 11.2. The summed E-state index contributed by atoms with van der Waals surface area (Å²) in [5.74, 6) is -0.0169. The van der Waals surface area contributed by atoms with Gasteiger partial charge in [0, 0.05) is 0 Å². The molecule has 0 bridgehead atoms. The first-order valence-electron chi connectivity index (χ1n) is 5.61. The van der Waals surface area contributed by atoms with E-state index in [1.807, 2.05) is 24.3 Å². The minimum Gasteiger partial charge on any atom is -0.400 e. The third kappa shape index (κ3) is 2.50. The van der Waals surface area contributed by atoms with Crippen LogP contribution in [0.3, 0.4) is 0 Å². The van der Waals surface area contributed by atoms with E-state index in [9.17, 15) is 10.1 Å². The molecule has 0 saturated carbocycles. The van der Waals surface area contributed by atoms with Gasteiger partial charge in [0.05, 0.1) is 22.5 Å². The number of hydrogen-bond donors (Lipinski definition) is 1. The predicted molar refractivity (Wildman–Crippen MR) is 76.2 cm³/mol. The number of thiazole rings is 1. The molecular weight excluding hydrogens is 280 g/mol. The summed E-state index contributed by atoms with van der Waals surface area (Å²) >= 11 is 1.47. The van der Waals surface area contributed by atoms with Gasteiger partial charge in [-0.25, -0.2) is 4.98 Å². The molecule has 0 aliphatic carbocycles. The Kier molecular flexibility index (Phi) is 3.13. The van der Waals surface area contributed by atoms with Crippen molar-refractivity contribution in [2.45, 2.75) is 0 Å². The quantitative estimate of drug-likeness (QED) is 0.452. The molecule has 0 radical (unpaired) electrons. The summed E-state index contributed by atoms with van der Waals surface area (Å²) in [6.07, 6.45) is 1.36. The van der Waals surface area contributed by atoms with Gasteiger partial charge in [-0.2, -0.15) is 5.10 Å². The second kappa shape index (κ2) is 5.10. The van der Waals surface area contributed by atoms with E-state index in [-0.39, 0.29) is 5.88 Å². The zero-order valence-electron chi connectivity index (χ0n) is 10.0. The highest BCUT2D eigenvalue weighted by Crippen LogP contribution is 2.25. The Hall–Kier alpha value is -2.74. The minimum absolute atomic E-state index is 0.297. The summed E-state index contributed by atoms with van der Waals surface area (Å²) < 4.78 is 5.99. The maximum atomic E-state index is 10.5. The molecule has 7 nitrogen and oxygen atoms in total. The molecule has 2 heterocycles. The lowest BCUT2D eigenvalue weighted by Crippen LogP contribution is -1.88. The van der Waals surface area contributed by atoms with E-state index in [0.29, 0.717) is 10.9 Å². The Labute approximate surface area is 116 Å². The lowest BCUT2D eigenvalue weighted by atomic mass is 10.3. The molecule has 2 aromatic heterocycles. The Bertz CT molecular complexity index is 760. The fourth-order valence-corrected chi connectivity index (χ4v) is 2.40. The number of anilines is 1. The van der Waals surface area contributed by atoms with Gasteiger partial charge in [0.15, 0.2) is 5.76 Å². The number of hydrazone groups is 1. The first kappa shape index (κ1) is 12.3. The first-order valence-corrected chi connectivity index (χ1v) is 6.43. The fourth-order valence-electron chi connectivity index (χ4n) is 1.58. The van der Waals surface area contributed by atoms with Gasteiger partial charge in [-0.1, -0.05) is 23.5 Å². The molecule has 8 heteroatoms. The smallest absolute Gasteiger partial charge is 0.400 e. The van der Waals surface area contributed by atoms with Crippen molar-refractivity contribution in [2.24, 2.45) is 5.10 Å². The summed E-state index contributed by atoms with van der Waals surface area (Å²) in [5.41, 5.74) is 3.66. The number of nitrogens with one attached hydrogen (secondary N) is 1. The molecule has 0 aliphatic heterocycles. The summed E-state index contributed by atoms with van der Waals surface area (Å²) in [4.78, 5) is 14.2. The SMILES string of the molecule is O=[N+]([O-])c1ccc(/C=N/Nc2nc3ccccc3s2)o1. The maximum absolute atomic E-state index is 10.5. The van der Waals surface area contributed by atoms with Crippen molar-refractivity contribution in [1.29, 1.82) is 0 Å². The van der Waals surface area contributed by atoms with Crippen molar-refractivity contribution in [3.63, 3.8) is 0 Å². The molecular formula is C12H8N4O3S. The second-order valence-electron chi connectivity index (χ2n) is 3.79. The number of para-hydroxylation sites is 1. The number of hydrogen-bond acceptors (Lipinski definition) is 7. The number of aromatic nitrogens is 1. The van der Waals surface area contributed by atoms with Gasteiger partial charge in [-0.05, 0) is 18.2 Å². The fraction of sp³-hybridized carbons (Fsp3) is 0. The van der Waals surface area contributed by atoms with Crippen molar-refractivity contribution in [2.75, 3.05) is 5.43 Å². The first-order chi connectivity index (χ1) is 9.72. The largest absolute Gasteiger partial charge is 0.433 e. The zero-order valence-corrected chi connectivity index (χ0v) is 10.8. The van der Waals surface area contributed by atoms with E-state index in [0.717, 1.165) is 10.2 Å². The summed E-state index contributed by atoms with van der Waals surface area (Å²) in [6.45, 7) is 0. The average molecular weight is 288 g/mol. The van der Waals surface area contributed by atoms with E-state index in [2.05, 4.69) is 15.5 Å². The van der Waals surface area contributed by atoms with Crippen LogP contribution >= 0.6 is 11.3 Å². The highest BCUT2D eigenvalue weighted by molar-refractivity contribution is 7.22. The number of furan rings is 1. The van der Waals surface area contributed by atoms with Gasteiger partial charge in [0.2, 0.25) is 5.13 Å². The van der Waals surface area contributed by atoms with Crippen molar-refractivity contribution in [3.8, 4) is 0 Å². The van der Waals surface area contributed by atoms with Crippen LogP contribution in [-0.4, -0.2) is 16.1 Å². The van der Waals surface area contributed by atoms with Crippen molar-refractivity contribution >= 4 is 38.8 Å². The third-order valence-electron chi connectivity index (χ3n) is 2.44. The van der Waals surface area contributed by atoms with Crippen LogP contribution in [0.4, 0.5) is 11.0 Å². The molecule has 1 aromatic carbocycles. The molecule has 0 aliphatic rings. The van der Waals surface area contributed by atoms with E-state index in [1.54, 1.807) is 0 Å². The van der Waals surface area contributed by atoms with Gasteiger partial charge in [-0.15, -0.1) is 0 Å². The van der Waals surface area contributed by atoms with Crippen LogP contribution in [0.2, 0.25) is 0 Å². The molecule has 20 heavy (non-hydrogen) atoms. The van der Waals surface area contributed by atoms with Gasteiger partial charge in [0.25, 0.3) is 0 Å². The molecule has 3 aromatic rings. The molecule has 0 unspecified atom stereocenters. The number of nitro groups is 1. The van der Waals surface area contributed by atoms with Crippen LogP contribution in [0.25, 0.3) is 10.2 Å². The molecule has 0 atom stereocenters. The van der Waals surface area contributed by atoms with E-state index in [4.69, 9.17) is 4.42 Å². The monoisotopic (exact) mass is 288 g/mol. The molecule has 1 N–H and O–H groups in total. The average Bonchev–Trinajstić information content (AvgIpc) is 3.04. The number of fused-ring (bicyclic) bond motifs is 1. The van der Waals surface area contributed by atoms with Crippen LogP contribution in [0.5, 0.6) is 0 Å². The Morgan fingerprint density at radius 1 is 1.35 bits per heavy atom. The van der Waals surface area contributed by atoms with Crippen LogP contribution in [-0.2, 0) is 0 Å². The third-order valence-corrected chi connectivity index (χ3v) is 3.38. The van der Waals surface area contributed by atoms with Crippen LogP contribution in [0.15, 0.2) is 45.9 Å². The summed E-state index contributed by atoms with van der Waals surface area (Å²) in [6, 6.07) is 10.5. The number of benzene rings is 1. The molecule has 0 saturated heterocycles. The van der Waals surface area contributed by atoms with Crippen molar-refractivity contribution < 1.29 is 9.34 Å². The van der Waals surface area contributed by atoms with Gasteiger partial charge >= 0.3 is 5.88 Å². The van der Waals surface area contributed by atoms with E-state index < -0.39 is 4.92 Å². The zero-order chi connectivity index (χ0) is 13.9. The van der Waals surface area contributed by atoms with Gasteiger partial charge in [-0.3, -0.25) is 15.5 Å². The number of nitrogens with zero attached hydrogens (tertiary/aromatic N) is 3. The lowest BCUT2D eigenvalue weighted by molar-refractivity contribution is -0.402. The van der Waals surface area contributed by atoms with E-state index in [1.165, 1.54) is 29.7 Å². The van der Waals surface area contributed by atoms with E-state index >= 15 is 0 Å². The molecule has 100 valence electrons. The van der Waals surface area contributed by atoms with Crippen molar-refractivity contribution in [3.05, 3.63) is 52.3 Å². The summed E-state index contributed by atoms with van der Waals surface area (Å²) in [7, 11) is 0. The van der Waals surface area contributed by atoms with Gasteiger partial charge in [0.1, 0.15) is 4.92 Å². The lowest BCUT2D eigenvalue weighted by Gasteiger charge is -1.90. The van der Waals surface area contributed by atoms with Gasteiger partial charge < -0.3 is 4.42 Å². The molecule has 0 amide bonds. The summed E-state index contributed by atoms with van der Waals surface area (Å²) in [5, 5.41) is 15.0. The standard InChI is InChI=1S/C12H8N4O3S/c17-16(18)11-6-5-8(19-11)7-13-15-12-14-9-3-1-2-4-10(9)20-12/h1-7H,(H,14,15)/b13-7+. The predicted octanol–water partition coefficient (Wildman–Crippen LogP) is 3.24. The topological polar surface area (TPSA) is 93.6 Å². The number of rotatable bonds is 4. The molecule has 0 fully saturated rings. The second-order valence-corrected chi connectivity index (χ2v) is 4.82. The molecule has 3 rings (SSSR count). The Balaban J connectivity index is 1.71.